The van der Waals surface area contributed by atoms with E-state index in [1.807, 2.05) is 49.5 Å². The van der Waals surface area contributed by atoms with Crippen LogP contribution >= 0.6 is 11.8 Å². The van der Waals surface area contributed by atoms with E-state index < -0.39 is 10.3 Å². The first kappa shape index (κ1) is 17.2. The second-order valence-electron chi connectivity index (χ2n) is 8.01. The molecule has 3 atom stereocenters. The minimum Gasteiger partial charge on any atom is -0.324 e. The second kappa shape index (κ2) is 5.70. The standard InChI is InChI=1S/C22H20N4O2S/c1-25-13-16(14-7-3-2-4-8-14)22(19(28)26-12-11-23-20(26)29-22)21(25)15-9-5-6-10-17(15)24-18(21)27/h2-10,16H,11-13H2,1H3,(H,24,27)/t16-,21+,22-/m0/s1. The number of rotatable bonds is 1. The Labute approximate surface area is 173 Å². The third-order valence-corrected chi connectivity index (χ3v) is 8.38. The number of likely N-dealkylation sites (N-methyl/N-ethyl adjacent to an activating group) is 1. The van der Waals surface area contributed by atoms with Crippen LogP contribution in [0.5, 0.6) is 0 Å². The zero-order valence-electron chi connectivity index (χ0n) is 16.0. The number of carbonyl (C=O) groups is 2. The molecule has 0 saturated carbocycles. The van der Waals surface area contributed by atoms with Crippen LogP contribution in [0, 0.1) is 0 Å². The van der Waals surface area contributed by atoms with E-state index in [1.54, 1.807) is 4.90 Å². The van der Waals surface area contributed by atoms with Crippen molar-refractivity contribution in [3.8, 4) is 0 Å². The van der Waals surface area contributed by atoms with Gasteiger partial charge in [-0.1, -0.05) is 60.3 Å². The van der Waals surface area contributed by atoms with Gasteiger partial charge in [-0.25, -0.2) is 0 Å². The number of hydrogen-bond donors (Lipinski definition) is 1. The van der Waals surface area contributed by atoms with E-state index in [-0.39, 0.29) is 17.7 Å². The van der Waals surface area contributed by atoms with Gasteiger partial charge in [0.25, 0.3) is 5.91 Å². The Balaban J connectivity index is 1.67. The van der Waals surface area contributed by atoms with Crippen molar-refractivity contribution >= 4 is 34.4 Å². The van der Waals surface area contributed by atoms with Crippen molar-refractivity contribution < 1.29 is 9.59 Å². The van der Waals surface area contributed by atoms with Crippen LogP contribution in [0.15, 0.2) is 59.6 Å². The van der Waals surface area contributed by atoms with Crippen molar-refractivity contribution in [3.05, 3.63) is 65.7 Å². The molecule has 6 nitrogen and oxygen atoms in total. The van der Waals surface area contributed by atoms with Crippen LogP contribution in [0.3, 0.4) is 0 Å². The number of benzene rings is 2. The van der Waals surface area contributed by atoms with Crippen LogP contribution in [0.2, 0.25) is 0 Å². The van der Waals surface area contributed by atoms with Gasteiger partial charge in [-0.2, -0.15) is 0 Å². The summed E-state index contributed by atoms with van der Waals surface area (Å²) in [5.41, 5.74) is 1.68. The van der Waals surface area contributed by atoms with Crippen LogP contribution in [-0.2, 0) is 15.1 Å². The molecule has 1 N–H and O–H groups in total. The molecule has 2 saturated heterocycles. The van der Waals surface area contributed by atoms with Gasteiger partial charge in [0.15, 0.2) is 10.7 Å². The summed E-state index contributed by atoms with van der Waals surface area (Å²) in [5, 5.41) is 3.82. The number of thioether (sulfide) groups is 1. The molecule has 2 aromatic rings. The molecule has 0 aromatic heterocycles. The number of anilines is 1. The van der Waals surface area contributed by atoms with Crippen LogP contribution in [0.1, 0.15) is 17.0 Å². The normalized spacial score (nSPS) is 32.8. The molecule has 0 bridgehead atoms. The highest BCUT2D eigenvalue weighted by Gasteiger charge is 2.78. The molecule has 7 heteroatoms. The Morgan fingerprint density at radius 1 is 1.10 bits per heavy atom. The average molecular weight is 404 g/mol. The number of aliphatic imine (C=N–C) groups is 1. The fraction of sp³-hybridized carbons (Fsp3) is 0.318. The Bertz CT molecular complexity index is 1090. The van der Waals surface area contributed by atoms with E-state index in [0.717, 1.165) is 22.0 Å². The highest BCUT2D eigenvalue weighted by Crippen LogP contribution is 2.65. The maximum absolute atomic E-state index is 14.1. The quantitative estimate of drug-likeness (QED) is 0.792. The third-order valence-electron chi connectivity index (χ3n) is 6.77. The topological polar surface area (TPSA) is 65.0 Å². The predicted molar refractivity (Wildman–Crippen MR) is 113 cm³/mol. The predicted octanol–water partition coefficient (Wildman–Crippen LogP) is 2.25. The van der Waals surface area contributed by atoms with Crippen LogP contribution in [-0.4, -0.2) is 58.2 Å². The summed E-state index contributed by atoms with van der Waals surface area (Å²) in [5.74, 6) is -0.248. The molecule has 0 aliphatic carbocycles. The molecule has 2 amide bonds. The highest BCUT2D eigenvalue weighted by atomic mass is 32.2. The number of likely N-dealkylation sites (tertiary alicyclic amines) is 1. The summed E-state index contributed by atoms with van der Waals surface area (Å²) in [6.45, 7) is 1.84. The van der Waals surface area contributed by atoms with Gasteiger partial charge in [0.1, 0.15) is 4.75 Å². The van der Waals surface area contributed by atoms with Gasteiger partial charge in [-0.15, -0.1) is 0 Å². The van der Waals surface area contributed by atoms with Gasteiger partial charge in [0, 0.05) is 30.3 Å². The summed E-state index contributed by atoms with van der Waals surface area (Å²) in [7, 11) is 1.96. The Hall–Kier alpha value is -2.64. The number of para-hydroxylation sites is 1. The molecule has 29 heavy (non-hydrogen) atoms. The molecule has 4 heterocycles. The van der Waals surface area contributed by atoms with E-state index in [4.69, 9.17) is 0 Å². The number of hydrogen-bond acceptors (Lipinski definition) is 5. The average Bonchev–Trinajstić information content (AvgIpc) is 3.44. The maximum Gasteiger partial charge on any atom is 0.251 e. The van der Waals surface area contributed by atoms with E-state index >= 15 is 0 Å². The van der Waals surface area contributed by atoms with Crippen LogP contribution in [0.4, 0.5) is 5.69 Å². The smallest absolute Gasteiger partial charge is 0.251 e. The Kier molecular flexibility index (Phi) is 3.39. The first-order valence-electron chi connectivity index (χ1n) is 9.83. The highest BCUT2D eigenvalue weighted by molar-refractivity contribution is 8.16. The molecular weight excluding hydrogens is 384 g/mol. The van der Waals surface area contributed by atoms with E-state index in [0.29, 0.717) is 19.6 Å². The lowest BCUT2D eigenvalue weighted by Crippen LogP contribution is -2.61. The monoisotopic (exact) mass is 404 g/mol. The maximum atomic E-state index is 14.1. The number of nitrogens with zero attached hydrogens (tertiary/aromatic N) is 3. The van der Waals surface area contributed by atoms with Crippen molar-refractivity contribution in [2.45, 2.75) is 16.2 Å². The first-order chi connectivity index (χ1) is 14.1. The molecule has 0 unspecified atom stereocenters. The zero-order chi connectivity index (χ0) is 19.8. The van der Waals surface area contributed by atoms with E-state index in [9.17, 15) is 9.59 Å². The van der Waals surface area contributed by atoms with Crippen molar-refractivity contribution in [2.75, 3.05) is 32.0 Å². The van der Waals surface area contributed by atoms with Crippen molar-refractivity contribution in [2.24, 2.45) is 4.99 Å². The number of nitrogens with one attached hydrogen (secondary N) is 1. The van der Waals surface area contributed by atoms with Gasteiger partial charge in [0.2, 0.25) is 5.91 Å². The number of carbonyl (C=O) groups excluding carboxylic acids is 2. The lowest BCUT2D eigenvalue weighted by atomic mass is 9.72. The van der Waals surface area contributed by atoms with Crippen molar-refractivity contribution in [3.63, 3.8) is 0 Å². The largest absolute Gasteiger partial charge is 0.324 e. The molecule has 2 aromatic carbocycles. The number of fused-ring (bicyclic) bond motifs is 4. The van der Waals surface area contributed by atoms with Gasteiger partial charge in [-0.3, -0.25) is 24.4 Å². The van der Waals surface area contributed by atoms with Crippen molar-refractivity contribution in [1.29, 1.82) is 0 Å². The molecule has 0 radical (unpaired) electrons. The van der Waals surface area contributed by atoms with Gasteiger partial charge in [-0.05, 0) is 18.7 Å². The minimum absolute atomic E-state index is 0.00352. The summed E-state index contributed by atoms with van der Waals surface area (Å²) in [6.07, 6.45) is 0. The lowest BCUT2D eigenvalue weighted by molar-refractivity contribution is -0.138. The van der Waals surface area contributed by atoms with Gasteiger partial charge >= 0.3 is 0 Å². The van der Waals surface area contributed by atoms with Crippen molar-refractivity contribution in [1.82, 2.24) is 9.80 Å². The molecule has 4 aliphatic heterocycles. The summed E-state index contributed by atoms with van der Waals surface area (Å²) in [4.78, 5) is 36.2. The fourth-order valence-electron chi connectivity index (χ4n) is 5.63. The van der Waals surface area contributed by atoms with Crippen LogP contribution < -0.4 is 5.32 Å². The fourth-order valence-corrected chi connectivity index (χ4v) is 7.42. The minimum atomic E-state index is -1.07. The lowest BCUT2D eigenvalue weighted by Gasteiger charge is -2.41. The molecule has 2 spiro atoms. The Morgan fingerprint density at radius 2 is 1.86 bits per heavy atom. The number of amidine groups is 1. The zero-order valence-corrected chi connectivity index (χ0v) is 16.8. The van der Waals surface area contributed by atoms with Crippen LogP contribution in [0.25, 0.3) is 0 Å². The molecule has 2 fully saturated rings. The molecular formula is C22H20N4O2S. The Morgan fingerprint density at radius 3 is 2.66 bits per heavy atom. The third kappa shape index (κ3) is 1.86. The van der Waals surface area contributed by atoms with E-state index in [1.165, 1.54) is 11.8 Å². The number of amides is 2. The summed E-state index contributed by atoms with van der Waals surface area (Å²) >= 11 is 1.49. The molecule has 4 aliphatic rings. The SMILES string of the molecule is CN1C[C@@H](c2ccccc2)[C@@]2(SC3=NCCN3C2=O)[C@@]12C(=O)Nc1ccccc12. The molecule has 6 rings (SSSR count). The van der Waals surface area contributed by atoms with E-state index in [2.05, 4.69) is 27.3 Å². The summed E-state index contributed by atoms with van der Waals surface area (Å²) < 4.78 is -0.987. The first-order valence-corrected chi connectivity index (χ1v) is 10.6. The summed E-state index contributed by atoms with van der Waals surface area (Å²) in [6, 6.07) is 17.9. The molecule has 146 valence electrons. The second-order valence-corrected chi connectivity index (χ2v) is 9.23. The van der Waals surface area contributed by atoms with Gasteiger partial charge < -0.3 is 5.32 Å². The van der Waals surface area contributed by atoms with Gasteiger partial charge in [0.05, 0.1) is 6.54 Å².